The molecular weight excluding hydrogens is 152 g/mol. The number of nitriles is 1. The van der Waals surface area contributed by atoms with E-state index in [1.165, 1.54) is 4.58 Å². The number of likely N-dealkylation sites (N-methyl/N-ethyl adjacent to an activating group) is 2. The summed E-state index contributed by atoms with van der Waals surface area (Å²) >= 11 is 0. The Bertz CT molecular complexity index is 255. The summed E-state index contributed by atoms with van der Waals surface area (Å²) in [5.41, 5.74) is -0.187. The first-order valence-electron chi connectivity index (χ1n) is 3.85. The monoisotopic (exact) mass is 165 g/mol. The topological polar surface area (TPSA) is 50.9 Å². The minimum atomic E-state index is -0.187. The third-order valence-corrected chi connectivity index (χ3v) is 2.14. The molecule has 0 bridgehead atoms. The second-order valence-electron chi connectivity index (χ2n) is 2.68. The maximum absolute atomic E-state index is 8.56. The highest BCUT2D eigenvalue weighted by Gasteiger charge is 2.25. The Morgan fingerprint density at radius 2 is 2.17 bits per heavy atom. The zero-order valence-electron chi connectivity index (χ0n) is 7.33. The molecule has 1 aliphatic rings. The molecule has 1 rings (SSSR count). The van der Waals surface area contributed by atoms with E-state index in [4.69, 9.17) is 5.26 Å². The van der Waals surface area contributed by atoms with Gasteiger partial charge in [-0.3, -0.25) is 10.6 Å². The standard InChI is InChI=1S/C8H13N4/c1-10-8(11-2)3-5-12(7-9)6-4-8/h3,5-6,10-11H,4H2,1-2H3/q+1. The average molecular weight is 165 g/mol. The summed E-state index contributed by atoms with van der Waals surface area (Å²) in [5.74, 6) is 0. The zero-order valence-corrected chi connectivity index (χ0v) is 7.33. The molecule has 2 N–H and O–H groups in total. The number of rotatable bonds is 2. The quantitative estimate of drug-likeness (QED) is 0.332. The van der Waals surface area contributed by atoms with E-state index < -0.39 is 0 Å². The molecular formula is C8H13N4+. The Kier molecular flexibility index (Phi) is 2.58. The predicted octanol–water partition coefficient (Wildman–Crippen LogP) is -0.397. The first-order chi connectivity index (χ1) is 5.76. The van der Waals surface area contributed by atoms with E-state index in [2.05, 4.69) is 10.6 Å². The first kappa shape index (κ1) is 8.91. The molecule has 4 nitrogen and oxygen atoms in total. The molecule has 1 heterocycles. The van der Waals surface area contributed by atoms with Crippen molar-refractivity contribution in [3.8, 4) is 6.19 Å². The van der Waals surface area contributed by atoms with Crippen LogP contribution in [-0.4, -0.2) is 30.5 Å². The first-order valence-corrected chi connectivity index (χ1v) is 3.85. The molecule has 0 radical (unpaired) electrons. The van der Waals surface area contributed by atoms with Gasteiger partial charge in [0.15, 0.2) is 5.26 Å². The molecule has 0 saturated carbocycles. The highest BCUT2D eigenvalue weighted by molar-refractivity contribution is 5.56. The Morgan fingerprint density at radius 3 is 2.50 bits per heavy atom. The summed E-state index contributed by atoms with van der Waals surface area (Å²) in [4.78, 5) is 0. The molecule has 1 aliphatic heterocycles. The lowest BCUT2D eigenvalue weighted by Crippen LogP contribution is -2.53. The van der Waals surface area contributed by atoms with Crippen LogP contribution in [0.25, 0.3) is 0 Å². The van der Waals surface area contributed by atoms with E-state index in [1.54, 1.807) is 6.20 Å². The summed E-state index contributed by atoms with van der Waals surface area (Å²) in [7, 11) is 3.77. The zero-order chi connectivity index (χ0) is 9.03. The van der Waals surface area contributed by atoms with Gasteiger partial charge in [0, 0.05) is 6.42 Å². The number of nitrogens with one attached hydrogen (secondary N) is 2. The molecule has 0 amide bonds. The molecule has 0 atom stereocenters. The van der Waals surface area contributed by atoms with Gasteiger partial charge in [-0.05, 0) is 20.2 Å². The molecule has 4 heteroatoms. The van der Waals surface area contributed by atoms with Crippen LogP contribution in [0.2, 0.25) is 0 Å². The maximum Gasteiger partial charge on any atom is 0.463 e. The van der Waals surface area contributed by atoms with Crippen LogP contribution >= 0.6 is 0 Å². The van der Waals surface area contributed by atoms with E-state index in [0.717, 1.165) is 6.42 Å². The Hall–Kier alpha value is -1.18. The SMILES string of the molecule is CNC1(NC)C=C[N+](C#N)=CC1. The Balaban J connectivity index is 2.76. The molecule has 64 valence electrons. The highest BCUT2D eigenvalue weighted by atomic mass is 15.2. The van der Waals surface area contributed by atoms with Crippen LogP contribution in [0.15, 0.2) is 12.3 Å². The van der Waals surface area contributed by atoms with Crippen molar-refractivity contribution >= 4 is 6.21 Å². The number of hydrogen-bond donors (Lipinski definition) is 2. The van der Waals surface area contributed by atoms with E-state index in [1.807, 2.05) is 32.6 Å². The molecule has 0 fully saturated rings. The molecule has 0 aromatic rings. The van der Waals surface area contributed by atoms with E-state index in [0.29, 0.717) is 0 Å². The summed E-state index contributed by atoms with van der Waals surface area (Å²) in [6.45, 7) is 0. The van der Waals surface area contributed by atoms with Gasteiger partial charge in [-0.1, -0.05) is 0 Å². The summed E-state index contributed by atoms with van der Waals surface area (Å²) < 4.78 is 1.49. The summed E-state index contributed by atoms with van der Waals surface area (Å²) in [6.07, 6.45) is 8.32. The van der Waals surface area contributed by atoms with E-state index in [9.17, 15) is 0 Å². The molecule has 0 spiro atoms. The average Bonchev–Trinajstić information content (AvgIpc) is 2.18. The minimum absolute atomic E-state index is 0.187. The van der Waals surface area contributed by atoms with Gasteiger partial charge in [0.25, 0.3) is 0 Å². The fraction of sp³-hybridized carbons (Fsp3) is 0.500. The van der Waals surface area contributed by atoms with Crippen molar-refractivity contribution in [1.82, 2.24) is 10.6 Å². The predicted molar refractivity (Wildman–Crippen MR) is 46.5 cm³/mol. The normalized spacial score (nSPS) is 19.9. The maximum atomic E-state index is 8.56. The Labute approximate surface area is 72.2 Å². The van der Waals surface area contributed by atoms with Gasteiger partial charge >= 0.3 is 6.19 Å². The van der Waals surface area contributed by atoms with Crippen LogP contribution in [0.4, 0.5) is 0 Å². The van der Waals surface area contributed by atoms with Gasteiger partial charge in [0.1, 0.15) is 6.20 Å². The van der Waals surface area contributed by atoms with Crippen LogP contribution < -0.4 is 10.6 Å². The fourth-order valence-electron chi connectivity index (χ4n) is 1.15. The van der Waals surface area contributed by atoms with Crippen molar-refractivity contribution in [2.75, 3.05) is 14.1 Å². The number of hydrogen-bond acceptors (Lipinski definition) is 3. The lowest BCUT2D eigenvalue weighted by molar-refractivity contribution is -0.357. The highest BCUT2D eigenvalue weighted by Crippen LogP contribution is 2.09. The van der Waals surface area contributed by atoms with Crippen LogP contribution in [0, 0.1) is 11.5 Å². The van der Waals surface area contributed by atoms with Gasteiger partial charge in [0.05, 0.1) is 11.9 Å². The third-order valence-electron chi connectivity index (χ3n) is 2.14. The lowest BCUT2D eigenvalue weighted by Gasteiger charge is -2.29. The Morgan fingerprint density at radius 1 is 1.50 bits per heavy atom. The van der Waals surface area contributed by atoms with Gasteiger partial charge < -0.3 is 0 Å². The molecule has 0 unspecified atom stereocenters. The van der Waals surface area contributed by atoms with Crippen LogP contribution in [0.3, 0.4) is 0 Å². The van der Waals surface area contributed by atoms with Crippen molar-refractivity contribution < 1.29 is 4.58 Å². The largest absolute Gasteiger partial charge is 0.463 e. The van der Waals surface area contributed by atoms with Gasteiger partial charge in [-0.2, -0.15) is 4.58 Å². The molecule has 0 aromatic heterocycles. The molecule has 0 aliphatic carbocycles. The minimum Gasteiger partial charge on any atom is -0.299 e. The van der Waals surface area contributed by atoms with Crippen molar-refractivity contribution in [3.05, 3.63) is 12.3 Å². The van der Waals surface area contributed by atoms with Crippen molar-refractivity contribution in [1.29, 1.82) is 5.26 Å². The fourth-order valence-corrected chi connectivity index (χ4v) is 1.15. The van der Waals surface area contributed by atoms with Gasteiger partial charge in [-0.25, -0.2) is 0 Å². The smallest absolute Gasteiger partial charge is 0.299 e. The van der Waals surface area contributed by atoms with Crippen LogP contribution in [-0.2, 0) is 0 Å². The lowest BCUT2D eigenvalue weighted by atomic mass is 10.1. The van der Waals surface area contributed by atoms with Crippen molar-refractivity contribution in [2.24, 2.45) is 0 Å². The van der Waals surface area contributed by atoms with Gasteiger partial charge in [0.2, 0.25) is 0 Å². The van der Waals surface area contributed by atoms with Crippen molar-refractivity contribution in [2.45, 2.75) is 12.1 Å². The second-order valence-corrected chi connectivity index (χ2v) is 2.68. The van der Waals surface area contributed by atoms with Gasteiger partial charge in [-0.15, -0.1) is 0 Å². The van der Waals surface area contributed by atoms with Crippen LogP contribution in [0.5, 0.6) is 0 Å². The summed E-state index contributed by atoms with van der Waals surface area (Å²) in [6, 6.07) is 0. The third kappa shape index (κ3) is 1.52. The molecule has 12 heavy (non-hydrogen) atoms. The van der Waals surface area contributed by atoms with Crippen molar-refractivity contribution in [3.63, 3.8) is 0 Å². The number of nitrogens with zero attached hydrogens (tertiary/aromatic N) is 2. The molecule has 0 saturated heterocycles. The van der Waals surface area contributed by atoms with Crippen LogP contribution in [0.1, 0.15) is 6.42 Å². The van der Waals surface area contributed by atoms with E-state index >= 15 is 0 Å². The second kappa shape index (κ2) is 3.48. The molecule has 0 aromatic carbocycles. The van der Waals surface area contributed by atoms with E-state index in [-0.39, 0.29) is 5.66 Å². The summed E-state index contributed by atoms with van der Waals surface area (Å²) in [5, 5.41) is 14.9.